The summed E-state index contributed by atoms with van der Waals surface area (Å²) in [5.41, 5.74) is 8.18. The second kappa shape index (κ2) is 11.1. The third kappa shape index (κ3) is 5.65. The number of pyridine rings is 3. The molecular weight excluding hydrogens is 519 g/mol. The van der Waals surface area contributed by atoms with Crippen LogP contribution in [-0.2, 0) is 6.54 Å². The third-order valence-corrected chi connectivity index (χ3v) is 6.79. The number of likely N-dealkylation sites (N-methyl/N-ethyl adjacent to an activating group) is 1. The monoisotopic (exact) mass is 550 g/mol. The van der Waals surface area contributed by atoms with Gasteiger partial charge in [0.05, 0.1) is 28.6 Å². The average molecular weight is 551 g/mol. The van der Waals surface area contributed by atoms with Crippen molar-refractivity contribution in [2.75, 3.05) is 41.3 Å². The smallest absolute Gasteiger partial charge is 0.135 e. The van der Waals surface area contributed by atoms with Crippen LogP contribution < -0.4 is 4.74 Å². The van der Waals surface area contributed by atoms with Crippen LogP contribution in [0.25, 0.3) is 55.7 Å². The number of rotatable bonds is 9. The second-order valence-corrected chi connectivity index (χ2v) is 10.6. The molecule has 2 N–H and O–H groups in total. The lowest BCUT2D eigenvalue weighted by atomic mass is 10.0. The molecule has 0 atom stereocenters. The van der Waals surface area contributed by atoms with Crippen LogP contribution in [0.2, 0.25) is 0 Å². The topological polar surface area (TPSA) is 98.8 Å². The highest BCUT2D eigenvalue weighted by Crippen LogP contribution is 2.35. The van der Waals surface area contributed by atoms with Crippen molar-refractivity contribution in [2.45, 2.75) is 6.54 Å². The van der Waals surface area contributed by atoms with Crippen molar-refractivity contribution < 1.29 is 9.13 Å². The fraction of sp³-hybridized carbons (Fsp3) is 0.226. The Morgan fingerprint density at radius 2 is 1.71 bits per heavy atom. The first kappa shape index (κ1) is 26.5. The van der Waals surface area contributed by atoms with Crippen molar-refractivity contribution >= 4 is 21.9 Å². The summed E-state index contributed by atoms with van der Waals surface area (Å²) < 4.78 is 20.4. The zero-order valence-corrected chi connectivity index (χ0v) is 23.4. The average Bonchev–Trinajstić information content (AvgIpc) is 3.56. The van der Waals surface area contributed by atoms with Crippen LogP contribution in [0, 0.1) is 5.82 Å². The minimum atomic E-state index is -0.366. The van der Waals surface area contributed by atoms with E-state index in [4.69, 9.17) is 9.72 Å². The van der Waals surface area contributed by atoms with Gasteiger partial charge >= 0.3 is 0 Å². The van der Waals surface area contributed by atoms with Crippen molar-refractivity contribution in [1.82, 2.24) is 39.9 Å². The molecule has 9 nitrogen and oxygen atoms in total. The van der Waals surface area contributed by atoms with E-state index in [1.165, 1.54) is 12.1 Å². The SMILES string of the molecule is CN(C)CCOc1cc(F)cc(-c2cncc3[nH]c(-c4n[nH]c5ccc(-c6cncc(CN(C)C)c6)nc45)cc23)c1. The van der Waals surface area contributed by atoms with E-state index in [2.05, 4.69) is 36.1 Å². The molecule has 1 aromatic carbocycles. The van der Waals surface area contributed by atoms with Gasteiger partial charge in [-0.2, -0.15) is 5.10 Å². The van der Waals surface area contributed by atoms with Crippen LogP contribution in [0.3, 0.4) is 0 Å². The Balaban J connectivity index is 1.37. The molecule has 6 rings (SSSR count). The highest BCUT2D eigenvalue weighted by molar-refractivity contribution is 6.00. The van der Waals surface area contributed by atoms with Crippen molar-refractivity contribution in [3.05, 3.63) is 78.6 Å². The summed E-state index contributed by atoms with van der Waals surface area (Å²) in [6, 6.07) is 12.8. The van der Waals surface area contributed by atoms with Crippen LogP contribution in [0.4, 0.5) is 4.39 Å². The number of benzene rings is 1. The molecule has 41 heavy (non-hydrogen) atoms. The first-order valence-electron chi connectivity index (χ1n) is 13.3. The Kier molecular flexibility index (Phi) is 7.17. The number of hydrogen-bond donors (Lipinski definition) is 2. The van der Waals surface area contributed by atoms with Crippen LogP contribution in [0.5, 0.6) is 5.75 Å². The predicted octanol–water partition coefficient (Wildman–Crippen LogP) is 5.37. The van der Waals surface area contributed by atoms with Crippen molar-refractivity contribution in [1.29, 1.82) is 0 Å². The summed E-state index contributed by atoms with van der Waals surface area (Å²) >= 11 is 0. The minimum absolute atomic E-state index is 0.366. The first-order valence-corrected chi connectivity index (χ1v) is 13.3. The van der Waals surface area contributed by atoms with Gasteiger partial charge in [-0.1, -0.05) is 0 Å². The van der Waals surface area contributed by atoms with E-state index in [9.17, 15) is 4.39 Å². The lowest BCUT2D eigenvalue weighted by Gasteiger charge is -2.12. The van der Waals surface area contributed by atoms with Crippen LogP contribution >= 0.6 is 0 Å². The molecule has 0 spiro atoms. The molecule has 0 radical (unpaired) electrons. The maximum Gasteiger partial charge on any atom is 0.135 e. The molecule has 0 saturated heterocycles. The van der Waals surface area contributed by atoms with Gasteiger partial charge in [-0.3, -0.25) is 15.1 Å². The first-order chi connectivity index (χ1) is 19.8. The summed E-state index contributed by atoms with van der Waals surface area (Å²) in [5, 5.41) is 8.58. The molecule has 0 aliphatic heterocycles. The number of H-pyrrole nitrogens is 2. The normalized spacial score (nSPS) is 11.8. The Morgan fingerprint density at radius 3 is 2.54 bits per heavy atom. The van der Waals surface area contributed by atoms with Gasteiger partial charge in [-0.15, -0.1) is 0 Å². The number of ether oxygens (including phenoxy) is 1. The molecule has 208 valence electrons. The largest absolute Gasteiger partial charge is 0.492 e. The molecule has 5 aromatic heterocycles. The van der Waals surface area contributed by atoms with Gasteiger partial charge in [0.15, 0.2) is 0 Å². The molecule has 0 aliphatic rings. The van der Waals surface area contributed by atoms with E-state index < -0.39 is 0 Å². The molecule has 10 heteroatoms. The van der Waals surface area contributed by atoms with Gasteiger partial charge in [0.1, 0.15) is 29.4 Å². The van der Waals surface area contributed by atoms with Gasteiger partial charge in [0, 0.05) is 54.3 Å². The van der Waals surface area contributed by atoms with Gasteiger partial charge < -0.3 is 19.5 Å². The van der Waals surface area contributed by atoms with E-state index >= 15 is 0 Å². The van der Waals surface area contributed by atoms with E-state index in [0.717, 1.165) is 63.1 Å². The maximum atomic E-state index is 14.6. The van der Waals surface area contributed by atoms with E-state index in [-0.39, 0.29) is 5.82 Å². The quantitative estimate of drug-likeness (QED) is 0.250. The Labute approximate surface area is 237 Å². The summed E-state index contributed by atoms with van der Waals surface area (Å²) in [4.78, 5) is 21.4. The number of nitrogens with one attached hydrogen (secondary N) is 2. The second-order valence-electron chi connectivity index (χ2n) is 10.6. The molecule has 0 saturated carbocycles. The molecule has 0 unspecified atom stereocenters. The molecular formula is C31H31FN8O. The number of hydrogen-bond acceptors (Lipinski definition) is 7. The number of nitrogens with zero attached hydrogens (tertiary/aromatic N) is 6. The van der Waals surface area contributed by atoms with E-state index in [1.54, 1.807) is 12.4 Å². The fourth-order valence-electron chi connectivity index (χ4n) is 4.88. The molecule has 0 amide bonds. The van der Waals surface area contributed by atoms with Crippen molar-refractivity contribution in [3.63, 3.8) is 0 Å². The standard InChI is InChI=1S/C31H31FN8O/c1-39(2)7-8-41-23-11-20(10-22(32)12-23)25-16-34-17-29-24(25)13-28(35-29)31-30-27(37-38-31)6-5-26(36-30)21-9-19(14-33-15-21)18-40(3)4/h5-6,9-17,35H,7-8,18H2,1-4H3,(H,37,38). The Morgan fingerprint density at radius 1 is 0.854 bits per heavy atom. The Hall–Kier alpha value is -4.67. The number of halogens is 1. The highest BCUT2D eigenvalue weighted by atomic mass is 19.1. The zero-order valence-electron chi connectivity index (χ0n) is 23.4. The lowest BCUT2D eigenvalue weighted by Crippen LogP contribution is -2.19. The van der Waals surface area contributed by atoms with Gasteiger partial charge in [0.2, 0.25) is 0 Å². The zero-order chi connectivity index (χ0) is 28.5. The van der Waals surface area contributed by atoms with Crippen LogP contribution in [0.1, 0.15) is 5.56 Å². The maximum absolute atomic E-state index is 14.6. The minimum Gasteiger partial charge on any atom is -0.492 e. The molecule has 6 aromatic rings. The number of aromatic amines is 2. The van der Waals surface area contributed by atoms with Gasteiger partial charge in [-0.05, 0) is 75.7 Å². The van der Waals surface area contributed by atoms with Gasteiger partial charge in [-0.25, -0.2) is 9.37 Å². The predicted molar refractivity (Wildman–Crippen MR) is 159 cm³/mol. The highest BCUT2D eigenvalue weighted by Gasteiger charge is 2.17. The fourth-order valence-corrected chi connectivity index (χ4v) is 4.88. The molecule has 5 heterocycles. The van der Waals surface area contributed by atoms with Crippen molar-refractivity contribution in [2.24, 2.45) is 0 Å². The van der Waals surface area contributed by atoms with E-state index in [1.807, 2.05) is 69.7 Å². The van der Waals surface area contributed by atoms with Crippen LogP contribution in [-0.4, -0.2) is 81.3 Å². The van der Waals surface area contributed by atoms with Gasteiger partial charge in [0.25, 0.3) is 0 Å². The van der Waals surface area contributed by atoms with Crippen LogP contribution in [0.15, 0.2) is 67.3 Å². The molecule has 0 bridgehead atoms. The molecule has 0 aliphatic carbocycles. The summed E-state index contributed by atoms with van der Waals surface area (Å²) in [7, 11) is 8.00. The summed E-state index contributed by atoms with van der Waals surface area (Å²) in [6.45, 7) is 1.99. The molecule has 0 fully saturated rings. The number of aromatic nitrogens is 6. The van der Waals surface area contributed by atoms with E-state index in [0.29, 0.717) is 23.6 Å². The third-order valence-electron chi connectivity index (χ3n) is 6.79. The summed E-state index contributed by atoms with van der Waals surface area (Å²) in [6.07, 6.45) is 7.20. The number of fused-ring (bicyclic) bond motifs is 2. The summed E-state index contributed by atoms with van der Waals surface area (Å²) in [5.74, 6) is 0.114. The Bertz CT molecular complexity index is 1840. The van der Waals surface area contributed by atoms with Crippen molar-refractivity contribution in [3.8, 4) is 39.5 Å². The lowest BCUT2D eigenvalue weighted by molar-refractivity contribution is 0.260.